The van der Waals surface area contributed by atoms with Gasteiger partial charge in [-0.05, 0) is 54.1 Å². The molecule has 1 N–H and O–H groups in total. The van der Waals surface area contributed by atoms with Crippen LogP contribution in [-0.2, 0) is 27.2 Å². The number of para-hydroxylation sites is 1. The Balaban J connectivity index is 1.26. The highest BCUT2D eigenvalue weighted by Crippen LogP contribution is 2.65. The Morgan fingerprint density at radius 1 is 1.00 bits per heavy atom. The zero-order valence-corrected chi connectivity index (χ0v) is 17.1. The van der Waals surface area contributed by atoms with Crippen molar-refractivity contribution in [3.8, 4) is 0 Å². The predicted octanol–water partition coefficient (Wildman–Crippen LogP) is 3.19. The van der Waals surface area contributed by atoms with Gasteiger partial charge in [0.2, 0.25) is 17.7 Å². The second-order valence-corrected chi connectivity index (χ2v) is 8.94. The number of imide groups is 1. The number of amides is 3. The molecule has 3 amide bonds. The summed E-state index contributed by atoms with van der Waals surface area (Å²) in [5.74, 6) is 1.05. The van der Waals surface area contributed by atoms with Crippen molar-refractivity contribution in [1.82, 2.24) is 4.90 Å². The summed E-state index contributed by atoms with van der Waals surface area (Å²) >= 11 is 0. The van der Waals surface area contributed by atoms with E-state index in [2.05, 4.69) is 31.3 Å². The molecule has 1 saturated heterocycles. The highest BCUT2D eigenvalue weighted by Gasteiger charge is 2.66. The minimum Gasteiger partial charge on any atom is -0.326 e. The number of nitrogens with one attached hydrogen (secondary N) is 1. The molecule has 4 aliphatic carbocycles. The molecule has 1 heterocycles. The number of aryl methyl sites for hydroxylation is 2. The monoisotopic (exact) mass is 392 g/mol. The van der Waals surface area contributed by atoms with Crippen LogP contribution < -0.4 is 5.32 Å². The van der Waals surface area contributed by atoms with Crippen LogP contribution in [0.15, 0.2) is 30.4 Å². The molecular formula is C24H28N2O3. The summed E-state index contributed by atoms with van der Waals surface area (Å²) in [6.45, 7) is 4.32. The summed E-state index contributed by atoms with van der Waals surface area (Å²) < 4.78 is 0. The molecule has 0 unspecified atom stereocenters. The largest absolute Gasteiger partial charge is 0.326 e. The van der Waals surface area contributed by atoms with Crippen molar-refractivity contribution in [2.45, 2.75) is 39.5 Å². The first kappa shape index (κ1) is 18.6. The Bertz CT molecular complexity index is 862. The number of hydrogen-bond acceptors (Lipinski definition) is 3. The van der Waals surface area contributed by atoms with Crippen molar-refractivity contribution >= 4 is 23.4 Å². The Morgan fingerprint density at radius 3 is 2.07 bits per heavy atom. The minimum absolute atomic E-state index is 0.0549. The molecule has 1 aliphatic heterocycles. The van der Waals surface area contributed by atoms with Gasteiger partial charge in [-0.1, -0.05) is 44.2 Å². The molecule has 2 bridgehead atoms. The second kappa shape index (κ2) is 6.82. The number of anilines is 1. The van der Waals surface area contributed by atoms with Crippen molar-refractivity contribution in [1.29, 1.82) is 0 Å². The van der Waals surface area contributed by atoms with Gasteiger partial charge in [0.25, 0.3) is 0 Å². The first-order valence-electron chi connectivity index (χ1n) is 11.0. The van der Waals surface area contributed by atoms with E-state index < -0.39 is 0 Å². The van der Waals surface area contributed by atoms with E-state index >= 15 is 0 Å². The molecule has 152 valence electrons. The normalized spacial score (nSPS) is 33.7. The Morgan fingerprint density at radius 2 is 1.55 bits per heavy atom. The molecule has 1 aromatic carbocycles. The molecule has 5 nitrogen and oxygen atoms in total. The van der Waals surface area contributed by atoms with Crippen LogP contribution in [0.5, 0.6) is 0 Å². The SMILES string of the molecule is CCc1cccc(CC)c1NC(=O)CCN1C(=O)[C@@H]2[C@H]3C=C[C@H]([C@H]4C[C@H]34)[C@@H]2C1=O. The number of carbonyl (C=O) groups is 3. The lowest BCUT2D eigenvalue weighted by molar-refractivity contribution is -0.140. The second-order valence-electron chi connectivity index (χ2n) is 8.94. The van der Waals surface area contributed by atoms with E-state index in [0.29, 0.717) is 11.8 Å². The number of allylic oxidation sites excluding steroid dienone is 2. The van der Waals surface area contributed by atoms with E-state index in [1.807, 2.05) is 18.2 Å². The summed E-state index contributed by atoms with van der Waals surface area (Å²) in [6.07, 6.45) is 7.34. The van der Waals surface area contributed by atoms with Crippen LogP contribution in [0, 0.1) is 35.5 Å². The standard InChI is InChI=1S/C24H28N2O3/c1-3-13-6-5-7-14(4-2)22(13)25-19(27)10-11-26-23(28)20-15-8-9-16(18-12-17(15)18)21(20)24(26)29/h5-9,15-18,20-21H,3-4,10-12H2,1-2H3,(H,25,27)/t15-,16+,17-,18-,20+,21-/m1/s1. The Kier molecular flexibility index (Phi) is 4.37. The molecule has 3 fully saturated rings. The van der Waals surface area contributed by atoms with Gasteiger partial charge in [0.1, 0.15) is 0 Å². The molecule has 5 aliphatic rings. The maximum absolute atomic E-state index is 13.0. The zero-order valence-electron chi connectivity index (χ0n) is 17.1. The zero-order chi connectivity index (χ0) is 20.3. The van der Waals surface area contributed by atoms with Crippen LogP contribution in [-0.4, -0.2) is 29.2 Å². The first-order valence-corrected chi connectivity index (χ1v) is 11.0. The Hall–Kier alpha value is -2.43. The van der Waals surface area contributed by atoms with E-state index in [1.165, 1.54) is 4.90 Å². The lowest BCUT2D eigenvalue weighted by atomic mass is 9.63. The summed E-state index contributed by atoms with van der Waals surface area (Å²) in [7, 11) is 0. The van der Waals surface area contributed by atoms with Gasteiger partial charge < -0.3 is 5.32 Å². The highest BCUT2D eigenvalue weighted by atomic mass is 16.2. The van der Waals surface area contributed by atoms with Crippen LogP contribution in [0.1, 0.15) is 37.8 Å². The van der Waals surface area contributed by atoms with Crippen LogP contribution >= 0.6 is 0 Å². The summed E-state index contributed by atoms with van der Waals surface area (Å²) in [5.41, 5.74) is 3.11. The Labute approximate surface area is 171 Å². The number of rotatable bonds is 6. The third-order valence-electron chi connectivity index (χ3n) is 7.58. The molecule has 6 atom stereocenters. The highest BCUT2D eigenvalue weighted by molar-refractivity contribution is 6.06. The van der Waals surface area contributed by atoms with Crippen molar-refractivity contribution in [3.63, 3.8) is 0 Å². The van der Waals surface area contributed by atoms with Crippen molar-refractivity contribution < 1.29 is 14.4 Å². The number of likely N-dealkylation sites (tertiary alicyclic amines) is 1. The predicted molar refractivity (Wildman–Crippen MR) is 110 cm³/mol. The molecule has 2 saturated carbocycles. The summed E-state index contributed by atoms with van der Waals surface area (Å²) in [5, 5.41) is 3.04. The van der Waals surface area contributed by atoms with Gasteiger partial charge in [0.05, 0.1) is 11.8 Å². The van der Waals surface area contributed by atoms with Gasteiger partial charge in [-0.25, -0.2) is 0 Å². The quantitative estimate of drug-likeness (QED) is 0.597. The van der Waals surface area contributed by atoms with E-state index in [4.69, 9.17) is 0 Å². The van der Waals surface area contributed by atoms with Gasteiger partial charge in [-0.15, -0.1) is 0 Å². The third-order valence-corrected chi connectivity index (χ3v) is 7.58. The van der Waals surface area contributed by atoms with Crippen molar-refractivity contribution in [3.05, 3.63) is 41.5 Å². The molecule has 0 radical (unpaired) electrons. The molecule has 0 aromatic heterocycles. The number of benzene rings is 1. The maximum atomic E-state index is 13.0. The molecular weight excluding hydrogens is 364 g/mol. The smallest absolute Gasteiger partial charge is 0.233 e. The lowest BCUT2D eigenvalue weighted by Crippen LogP contribution is -2.40. The first-order chi connectivity index (χ1) is 14.0. The minimum atomic E-state index is -0.183. The van der Waals surface area contributed by atoms with Crippen LogP contribution in [0.4, 0.5) is 5.69 Å². The van der Waals surface area contributed by atoms with E-state index in [1.54, 1.807) is 0 Å². The molecule has 29 heavy (non-hydrogen) atoms. The fraction of sp³-hybridized carbons (Fsp3) is 0.542. The van der Waals surface area contributed by atoms with Gasteiger partial charge in [0.15, 0.2) is 0 Å². The molecule has 6 rings (SSSR count). The average molecular weight is 392 g/mol. The molecule has 5 heteroatoms. The number of carbonyl (C=O) groups excluding carboxylic acids is 3. The topological polar surface area (TPSA) is 66.5 Å². The van der Waals surface area contributed by atoms with Crippen LogP contribution in [0.2, 0.25) is 0 Å². The van der Waals surface area contributed by atoms with E-state index in [-0.39, 0.29) is 54.4 Å². The maximum Gasteiger partial charge on any atom is 0.233 e. The average Bonchev–Trinajstić information content (AvgIpc) is 3.51. The fourth-order valence-electron chi connectivity index (χ4n) is 6.06. The van der Waals surface area contributed by atoms with Gasteiger partial charge in [-0.2, -0.15) is 0 Å². The van der Waals surface area contributed by atoms with Gasteiger partial charge in [-0.3, -0.25) is 19.3 Å². The van der Waals surface area contributed by atoms with Gasteiger partial charge >= 0.3 is 0 Å². The fourth-order valence-corrected chi connectivity index (χ4v) is 6.06. The number of hydrogen-bond donors (Lipinski definition) is 1. The molecule has 0 spiro atoms. The van der Waals surface area contributed by atoms with E-state index in [9.17, 15) is 14.4 Å². The van der Waals surface area contributed by atoms with Crippen LogP contribution in [0.25, 0.3) is 0 Å². The lowest BCUT2D eigenvalue weighted by Gasteiger charge is -2.37. The van der Waals surface area contributed by atoms with E-state index in [0.717, 1.165) is 36.1 Å². The summed E-state index contributed by atoms with van der Waals surface area (Å²) in [4.78, 5) is 40.1. The van der Waals surface area contributed by atoms with Crippen molar-refractivity contribution in [2.75, 3.05) is 11.9 Å². The van der Waals surface area contributed by atoms with Gasteiger partial charge in [0, 0.05) is 18.7 Å². The number of nitrogens with zero attached hydrogens (tertiary/aromatic N) is 1. The van der Waals surface area contributed by atoms with Crippen LogP contribution in [0.3, 0.4) is 0 Å². The summed E-state index contributed by atoms with van der Waals surface area (Å²) in [6, 6.07) is 6.08. The molecule has 1 aromatic rings. The third kappa shape index (κ3) is 2.77. The van der Waals surface area contributed by atoms with Crippen molar-refractivity contribution in [2.24, 2.45) is 35.5 Å².